The quantitative estimate of drug-likeness (QED) is 0.596. The lowest BCUT2D eigenvalue weighted by Gasteiger charge is -2.07. The van der Waals surface area contributed by atoms with Crippen LogP contribution < -0.4 is 5.73 Å². The summed E-state index contributed by atoms with van der Waals surface area (Å²) in [6.07, 6.45) is 3.92. The van der Waals surface area contributed by atoms with Crippen LogP contribution in [0.5, 0.6) is 0 Å². The first-order valence-corrected chi connectivity index (χ1v) is 5.80. The van der Waals surface area contributed by atoms with Crippen molar-refractivity contribution in [1.29, 1.82) is 0 Å². The number of aromatic nitrogens is 2. The van der Waals surface area contributed by atoms with Gasteiger partial charge >= 0.3 is 5.97 Å². The van der Waals surface area contributed by atoms with Crippen molar-refractivity contribution in [2.45, 2.75) is 23.8 Å². The number of nitrogens with two attached hydrogens (primary N) is 1. The number of nitrogens with zero attached hydrogens (tertiary/aromatic N) is 2. The van der Waals surface area contributed by atoms with Gasteiger partial charge in [0.2, 0.25) is 0 Å². The van der Waals surface area contributed by atoms with Crippen molar-refractivity contribution in [3.05, 3.63) is 11.4 Å². The lowest BCUT2D eigenvalue weighted by Crippen LogP contribution is -2.10. The number of carbonyl (C=O) groups is 1. The number of anilines is 1. The molecule has 1 fully saturated rings. The van der Waals surface area contributed by atoms with Gasteiger partial charge in [0.05, 0.1) is 0 Å². The van der Waals surface area contributed by atoms with Gasteiger partial charge in [0.1, 0.15) is 22.2 Å². The topological polar surface area (TPSA) is 89.1 Å². The maximum Gasteiger partial charge on any atom is 0.342 e. The van der Waals surface area contributed by atoms with Crippen molar-refractivity contribution in [2.75, 3.05) is 12.0 Å². The maximum atomic E-state index is 10.9. The molecular weight excluding hydrogens is 214 g/mol. The zero-order chi connectivity index (χ0) is 11.0. The minimum atomic E-state index is -1.07. The summed E-state index contributed by atoms with van der Waals surface area (Å²) < 4.78 is 0. The Morgan fingerprint density at radius 1 is 1.53 bits per heavy atom. The van der Waals surface area contributed by atoms with E-state index >= 15 is 0 Å². The van der Waals surface area contributed by atoms with E-state index in [1.165, 1.54) is 11.8 Å². The van der Waals surface area contributed by atoms with Crippen LogP contribution in [0.2, 0.25) is 0 Å². The number of carboxylic acid groups (broad SMARTS) is 1. The van der Waals surface area contributed by atoms with Crippen molar-refractivity contribution >= 4 is 23.5 Å². The van der Waals surface area contributed by atoms with Gasteiger partial charge in [-0.15, -0.1) is 11.8 Å². The average Bonchev–Trinajstić information content (AvgIpc) is 2.98. The van der Waals surface area contributed by atoms with E-state index in [-0.39, 0.29) is 11.4 Å². The highest BCUT2D eigenvalue weighted by molar-refractivity contribution is 7.98. The highest BCUT2D eigenvalue weighted by atomic mass is 32.2. The molecule has 1 aliphatic carbocycles. The van der Waals surface area contributed by atoms with Crippen LogP contribution in [0.4, 0.5) is 5.82 Å². The summed E-state index contributed by atoms with van der Waals surface area (Å²) in [5.74, 6) is 0.0610. The molecule has 2 rings (SSSR count). The molecule has 1 aliphatic rings. The predicted molar refractivity (Wildman–Crippen MR) is 57.2 cm³/mol. The molecule has 6 heteroatoms. The summed E-state index contributed by atoms with van der Waals surface area (Å²) >= 11 is 1.29. The van der Waals surface area contributed by atoms with E-state index in [1.807, 2.05) is 0 Å². The van der Waals surface area contributed by atoms with E-state index in [1.54, 1.807) is 6.26 Å². The Bertz CT molecular complexity index is 418. The third-order valence-corrected chi connectivity index (χ3v) is 2.95. The lowest BCUT2D eigenvalue weighted by atomic mass is 10.3. The zero-order valence-electron chi connectivity index (χ0n) is 8.23. The fourth-order valence-corrected chi connectivity index (χ4v) is 1.93. The average molecular weight is 225 g/mol. The van der Waals surface area contributed by atoms with Crippen LogP contribution >= 0.6 is 11.8 Å². The van der Waals surface area contributed by atoms with Crippen molar-refractivity contribution in [3.63, 3.8) is 0 Å². The van der Waals surface area contributed by atoms with Gasteiger partial charge < -0.3 is 10.8 Å². The third kappa shape index (κ3) is 1.90. The van der Waals surface area contributed by atoms with Gasteiger partial charge in [-0.1, -0.05) is 0 Å². The van der Waals surface area contributed by atoms with Crippen molar-refractivity contribution in [2.24, 2.45) is 0 Å². The van der Waals surface area contributed by atoms with Crippen LogP contribution in [0.3, 0.4) is 0 Å². The van der Waals surface area contributed by atoms with Gasteiger partial charge in [0.15, 0.2) is 0 Å². The Kier molecular flexibility index (Phi) is 2.52. The van der Waals surface area contributed by atoms with E-state index in [0.717, 1.165) is 12.8 Å². The Labute approximate surface area is 91.1 Å². The first-order chi connectivity index (χ1) is 7.13. The Morgan fingerprint density at radius 2 is 2.20 bits per heavy atom. The molecule has 0 aromatic carbocycles. The van der Waals surface area contributed by atoms with Crippen molar-refractivity contribution < 1.29 is 9.90 Å². The summed E-state index contributed by atoms with van der Waals surface area (Å²) in [6, 6.07) is 0. The van der Waals surface area contributed by atoms with Crippen LogP contribution in [0.15, 0.2) is 5.03 Å². The molecule has 1 saturated carbocycles. The summed E-state index contributed by atoms with van der Waals surface area (Å²) in [5.41, 5.74) is 5.64. The number of hydrogen-bond donors (Lipinski definition) is 2. The molecule has 0 aliphatic heterocycles. The first kappa shape index (κ1) is 10.2. The van der Waals surface area contributed by atoms with E-state index in [4.69, 9.17) is 10.8 Å². The van der Waals surface area contributed by atoms with Gasteiger partial charge in [0.25, 0.3) is 0 Å². The minimum Gasteiger partial charge on any atom is -0.477 e. The summed E-state index contributed by atoms with van der Waals surface area (Å²) in [4.78, 5) is 19.2. The molecule has 0 atom stereocenters. The van der Waals surface area contributed by atoms with E-state index < -0.39 is 5.97 Å². The Balaban J connectivity index is 2.50. The molecule has 0 unspecified atom stereocenters. The molecule has 0 amide bonds. The Morgan fingerprint density at radius 3 is 2.67 bits per heavy atom. The summed E-state index contributed by atoms with van der Waals surface area (Å²) in [5, 5.41) is 9.40. The lowest BCUT2D eigenvalue weighted by molar-refractivity contribution is 0.0693. The normalized spacial score (nSPS) is 15.3. The second-order valence-corrected chi connectivity index (χ2v) is 4.23. The van der Waals surface area contributed by atoms with Crippen LogP contribution in [-0.4, -0.2) is 27.3 Å². The second kappa shape index (κ2) is 3.69. The maximum absolute atomic E-state index is 10.9. The largest absolute Gasteiger partial charge is 0.477 e. The fraction of sp³-hybridized carbons (Fsp3) is 0.444. The molecule has 0 saturated heterocycles. The molecule has 0 radical (unpaired) electrons. The molecule has 0 bridgehead atoms. The van der Waals surface area contributed by atoms with Crippen molar-refractivity contribution in [3.8, 4) is 0 Å². The van der Waals surface area contributed by atoms with E-state index in [2.05, 4.69) is 9.97 Å². The standard InChI is InChI=1S/C9H11N3O2S/c1-15-8-5(9(13)14)6(10)11-7(12-8)4-2-3-4/h4H,2-3H2,1H3,(H,13,14)(H2,10,11,12). The van der Waals surface area contributed by atoms with Gasteiger partial charge in [-0.3, -0.25) is 0 Å². The highest BCUT2D eigenvalue weighted by Gasteiger charge is 2.29. The van der Waals surface area contributed by atoms with Crippen molar-refractivity contribution in [1.82, 2.24) is 9.97 Å². The summed E-state index contributed by atoms with van der Waals surface area (Å²) in [7, 11) is 0. The SMILES string of the molecule is CSc1nc(C2CC2)nc(N)c1C(=O)O. The first-order valence-electron chi connectivity index (χ1n) is 4.58. The van der Waals surface area contributed by atoms with Gasteiger partial charge in [0, 0.05) is 5.92 Å². The molecule has 1 aromatic rings. The number of nitrogen functional groups attached to an aromatic ring is 1. The number of carboxylic acids is 1. The number of rotatable bonds is 3. The number of aromatic carboxylic acids is 1. The van der Waals surface area contributed by atoms with Crippen LogP contribution in [0, 0.1) is 0 Å². The van der Waals surface area contributed by atoms with Crippen LogP contribution in [-0.2, 0) is 0 Å². The monoisotopic (exact) mass is 225 g/mol. The Hall–Kier alpha value is -1.30. The molecule has 1 heterocycles. The molecule has 15 heavy (non-hydrogen) atoms. The highest BCUT2D eigenvalue weighted by Crippen LogP contribution is 2.39. The summed E-state index contributed by atoms with van der Waals surface area (Å²) in [6.45, 7) is 0. The van der Waals surface area contributed by atoms with E-state index in [0.29, 0.717) is 16.8 Å². The molecular formula is C9H11N3O2S. The van der Waals surface area contributed by atoms with Crippen LogP contribution in [0.25, 0.3) is 0 Å². The molecule has 5 nitrogen and oxygen atoms in total. The van der Waals surface area contributed by atoms with Gasteiger partial charge in [-0.05, 0) is 19.1 Å². The molecule has 3 N–H and O–H groups in total. The number of hydrogen-bond acceptors (Lipinski definition) is 5. The second-order valence-electron chi connectivity index (χ2n) is 3.43. The molecule has 1 aromatic heterocycles. The van der Waals surface area contributed by atoms with E-state index in [9.17, 15) is 4.79 Å². The minimum absolute atomic E-state index is 0.0203. The smallest absolute Gasteiger partial charge is 0.342 e. The van der Waals surface area contributed by atoms with Gasteiger partial charge in [-0.2, -0.15) is 0 Å². The van der Waals surface area contributed by atoms with Gasteiger partial charge in [-0.25, -0.2) is 14.8 Å². The number of thioether (sulfide) groups is 1. The predicted octanol–water partition coefficient (Wildman–Crippen LogP) is 1.36. The van der Waals surface area contributed by atoms with Crippen LogP contribution in [0.1, 0.15) is 34.9 Å². The molecule has 0 spiro atoms. The fourth-order valence-electron chi connectivity index (χ4n) is 1.35. The zero-order valence-corrected chi connectivity index (χ0v) is 9.04. The third-order valence-electron chi connectivity index (χ3n) is 2.27. The molecule has 80 valence electrons.